The van der Waals surface area contributed by atoms with E-state index in [4.69, 9.17) is 0 Å². The number of rotatable bonds is 6. The lowest BCUT2D eigenvalue weighted by molar-refractivity contribution is -0.270. The van der Waals surface area contributed by atoms with E-state index in [0.717, 1.165) is 36.8 Å². The quantitative estimate of drug-likeness (QED) is 0.310. The Hall–Kier alpha value is -0.970. The Kier molecular flexibility index (Phi) is 6.30. The first-order valence-corrected chi connectivity index (χ1v) is 12.5. The van der Waals surface area contributed by atoms with Crippen LogP contribution in [0, 0.1) is 40.4 Å². The molecular formula is C27H42O4. The number of carbonyl (C=O) groups excluding carboxylic acids is 1. The maximum atomic E-state index is 12.1. The van der Waals surface area contributed by atoms with E-state index in [1.807, 2.05) is 6.92 Å². The molecule has 0 spiro atoms. The fourth-order valence-corrected chi connectivity index (χ4v) is 8.59. The Morgan fingerprint density at radius 2 is 1.97 bits per heavy atom. The Morgan fingerprint density at radius 1 is 1.23 bits per heavy atom. The predicted octanol–water partition coefficient (Wildman–Crippen LogP) is 5.96. The number of ketones is 1. The normalized spacial score (nSPS) is 44.0. The van der Waals surface area contributed by atoms with E-state index in [9.17, 15) is 15.2 Å². The van der Waals surface area contributed by atoms with E-state index in [1.54, 1.807) is 6.08 Å². The van der Waals surface area contributed by atoms with Gasteiger partial charge in [-0.3, -0.25) is 10.1 Å². The molecule has 0 saturated heterocycles. The summed E-state index contributed by atoms with van der Waals surface area (Å²) in [5.74, 6) is 3.27. The topological polar surface area (TPSA) is 66.8 Å². The first-order chi connectivity index (χ1) is 14.6. The van der Waals surface area contributed by atoms with Crippen LogP contribution in [-0.2, 0) is 9.68 Å². The van der Waals surface area contributed by atoms with Gasteiger partial charge in [-0.05, 0) is 116 Å². The van der Waals surface area contributed by atoms with Crippen molar-refractivity contribution >= 4 is 5.78 Å². The van der Waals surface area contributed by atoms with Crippen molar-refractivity contribution < 1.29 is 20.0 Å². The van der Waals surface area contributed by atoms with Crippen molar-refractivity contribution in [2.24, 2.45) is 40.4 Å². The highest BCUT2D eigenvalue weighted by Gasteiger charge is 2.60. The van der Waals surface area contributed by atoms with Crippen LogP contribution in [0.3, 0.4) is 0 Å². The van der Waals surface area contributed by atoms with Gasteiger partial charge in [0.1, 0.15) is 6.10 Å². The minimum atomic E-state index is -0.452. The highest BCUT2D eigenvalue weighted by molar-refractivity contribution is 5.91. The molecule has 0 aliphatic heterocycles. The smallest absolute Gasteiger partial charge is 0.155 e. The molecule has 0 aromatic heterocycles. The predicted molar refractivity (Wildman–Crippen MR) is 122 cm³/mol. The lowest BCUT2D eigenvalue weighted by Crippen LogP contribution is -2.54. The molecule has 0 heterocycles. The molecule has 3 fully saturated rings. The number of hydrogen-bond donors (Lipinski definition) is 2. The number of aliphatic hydroxyl groups is 1. The summed E-state index contributed by atoms with van der Waals surface area (Å²) >= 11 is 0. The van der Waals surface area contributed by atoms with Crippen molar-refractivity contribution in [3.05, 3.63) is 23.8 Å². The van der Waals surface area contributed by atoms with Crippen LogP contribution >= 0.6 is 0 Å². The van der Waals surface area contributed by atoms with Crippen molar-refractivity contribution in [2.75, 3.05) is 0 Å². The van der Waals surface area contributed by atoms with Crippen LogP contribution < -0.4 is 0 Å². The van der Waals surface area contributed by atoms with E-state index in [2.05, 4.69) is 32.2 Å². The zero-order valence-corrected chi connectivity index (χ0v) is 19.9. The SMILES string of the molecule is C=C(C)C(CC[C@@H](C)C1CCC2C3C[C@@H](O)C4=CC(=O)CC[C@]4(C)C3CC[C@@]21C)OO. The molecule has 5 unspecified atom stereocenters. The minimum absolute atomic E-state index is 0.00551. The molecule has 3 saturated carbocycles. The molecular weight excluding hydrogens is 388 g/mol. The number of hydrogen-bond acceptors (Lipinski definition) is 4. The highest BCUT2D eigenvalue weighted by atomic mass is 17.1. The minimum Gasteiger partial charge on any atom is -0.389 e. The summed E-state index contributed by atoms with van der Waals surface area (Å²) in [6, 6.07) is 0. The third kappa shape index (κ3) is 3.77. The van der Waals surface area contributed by atoms with E-state index in [1.165, 1.54) is 25.7 Å². The molecule has 4 aliphatic rings. The number of aliphatic hydroxyl groups excluding tert-OH is 1. The first-order valence-electron chi connectivity index (χ1n) is 12.5. The summed E-state index contributed by atoms with van der Waals surface area (Å²) < 4.78 is 0. The molecule has 4 rings (SSSR count). The third-order valence-corrected chi connectivity index (χ3v) is 10.3. The fraction of sp³-hybridized carbons (Fsp3) is 0.815. The first kappa shape index (κ1) is 23.2. The Bertz CT molecular complexity index is 756. The standard InChI is InChI=1S/C27H42O4/c1-16(2)25(31-30)9-6-17(3)20-7-8-21-19-15-24(29)23-14-18(28)10-12-27(23,5)22(19)11-13-26(20,21)4/h14,17,19-22,24-25,29-30H,1,6-13,15H2,2-5H3/t17-,19?,20?,21?,22?,24-,25?,26-,27-/m1/s1. The van der Waals surface area contributed by atoms with Gasteiger partial charge in [0.15, 0.2) is 5.78 Å². The van der Waals surface area contributed by atoms with Gasteiger partial charge in [-0.15, -0.1) is 0 Å². The van der Waals surface area contributed by atoms with Crippen LogP contribution in [0.4, 0.5) is 0 Å². The second-order valence-electron chi connectivity index (χ2n) is 11.8. The van der Waals surface area contributed by atoms with Crippen LogP contribution in [0.5, 0.6) is 0 Å². The molecule has 0 radical (unpaired) electrons. The molecule has 2 N–H and O–H groups in total. The average Bonchev–Trinajstić information content (AvgIpc) is 3.07. The van der Waals surface area contributed by atoms with Crippen molar-refractivity contribution in [1.29, 1.82) is 0 Å². The fourth-order valence-electron chi connectivity index (χ4n) is 8.59. The van der Waals surface area contributed by atoms with Gasteiger partial charge in [-0.25, -0.2) is 4.89 Å². The zero-order chi connectivity index (χ0) is 22.6. The molecule has 0 aromatic rings. The van der Waals surface area contributed by atoms with Gasteiger partial charge in [0.05, 0.1) is 6.10 Å². The maximum absolute atomic E-state index is 12.1. The average molecular weight is 431 g/mol. The van der Waals surface area contributed by atoms with Crippen LogP contribution in [0.1, 0.15) is 85.5 Å². The molecule has 31 heavy (non-hydrogen) atoms. The van der Waals surface area contributed by atoms with Gasteiger partial charge < -0.3 is 5.11 Å². The van der Waals surface area contributed by atoms with Crippen LogP contribution in [0.2, 0.25) is 0 Å². The van der Waals surface area contributed by atoms with Crippen molar-refractivity contribution in [1.82, 2.24) is 0 Å². The van der Waals surface area contributed by atoms with Gasteiger partial charge in [0.25, 0.3) is 0 Å². The largest absolute Gasteiger partial charge is 0.389 e. The molecule has 4 aliphatic carbocycles. The van der Waals surface area contributed by atoms with Gasteiger partial charge in [-0.1, -0.05) is 27.4 Å². The molecule has 0 bridgehead atoms. The summed E-state index contributed by atoms with van der Waals surface area (Å²) in [5, 5.41) is 20.3. The number of fused-ring (bicyclic) bond motifs is 5. The molecule has 0 amide bonds. The Morgan fingerprint density at radius 3 is 2.65 bits per heavy atom. The van der Waals surface area contributed by atoms with Crippen molar-refractivity contribution in [3.8, 4) is 0 Å². The second kappa shape index (κ2) is 8.43. The Labute approximate surface area is 188 Å². The lowest BCUT2D eigenvalue weighted by Gasteiger charge is -2.59. The van der Waals surface area contributed by atoms with Crippen molar-refractivity contribution in [3.63, 3.8) is 0 Å². The molecule has 174 valence electrons. The van der Waals surface area contributed by atoms with E-state index in [0.29, 0.717) is 41.4 Å². The van der Waals surface area contributed by atoms with Crippen LogP contribution in [0.15, 0.2) is 23.8 Å². The second-order valence-corrected chi connectivity index (χ2v) is 11.8. The molecule has 4 nitrogen and oxygen atoms in total. The zero-order valence-electron chi connectivity index (χ0n) is 19.9. The summed E-state index contributed by atoms with van der Waals surface area (Å²) in [4.78, 5) is 16.7. The summed E-state index contributed by atoms with van der Waals surface area (Å²) in [5.41, 5.74) is 2.23. The van der Waals surface area contributed by atoms with E-state index in [-0.39, 0.29) is 17.3 Å². The summed E-state index contributed by atoms with van der Waals surface area (Å²) in [6.07, 6.45) is 10.3. The molecule has 9 atom stereocenters. The van der Waals surface area contributed by atoms with E-state index < -0.39 is 6.10 Å². The third-order valence-electron chi connectivity index (χ3n) is 10.3. The van der Waals surface area contributed by atoms with Crippen LogP contribution in [0.25, 0.3) is 0 Å². The van der Waals surface area contributed by atoms with Gasteiger partial charge in [-0.2, -0.15) is 0 Å². The summed E-state index contributed by atoms with van der Waals surface area (Å²) in [6.45, 7) is 13.1. The van der Waals surface area contributed by atoms with Crippen molar-refractivity contribution in [2.45, 2.75) is 97.7 Å². The van der Waals surface area contributed by atoms with Gasteiger partial charge in [0.2, 0.25) is 0 Å². The van der Waals surface area contributed by atoms with Crippen LogP contribution in [-0.4, -0.2) is 28.4 Å². The lowest BCUT2D eigenvalue weighted by atomic mass is 9.46. The summed E-state index contributed by atoms with van der Waals surface area (Å²) in [7, 11) is 0. The van der Waals surface area contributed by atoms with Gasteiger partial charge in [0, 0.05) is 6.42 Å². The monoisotopic (exact) mass is 430 g/mol. The number of carbonyl (C=O) groups is 1. The highest BCUT2D eigenvalue weighted by Crippen LogP contribution is 2.67. The molecule has 4 heteroatoms. The molecule has 0 aromatic carbocycles. The maximum Gasteiger partial charge on any atom is 0.155 e. The Balaban J connectivity index is 1.51. The van der Waals surface area contributed by atoms with E-state index >= 15 is 0 Å². The van der Waals surface area contributed by atoms with Gasteiger partial charge >= 0.3 is 0 Å².